The summed E-state index contributed by atoms with van der Waals surface area (Å²) in [5.74, 6) is 0.239. The van der Waals surface area contributed by atoms with E-state index >= 15 is 0 Å². The van der Waals surface area contributed by atoms with Gasteiger partial charge in [-0.3, -0.25) is 4.79 Å². The number of carbonyl (C=O) groups excluding carboxylic acids is 1. The first-order chi connectivity index (χ1) is 9.62. The molecule has 0 spiro atoms. The average Bonchev–Trinajstić information content (AvgIpc) is 2.35. The molecule has 4 nitrogen and oxygen atoms in total. The summed E-state index contributed by atoms with van der Waals surface area (Å²) in [6, 6.07) is 1.75. The third kappa shape index (κ3) is 2.73. The zero-order chi connectivity index (χ0) is 14.2. The molecule has 2 aliphatic heterocycles. The maximum absolute atomic E-state index is 12.3. The summed E-state index contributed by atoms with van der Waals surface area (Å²) >= 11 is 0. The molecule has 20 heavy (non-hydrogen) atoms. The quantitative estimate of drug-likeness (QED) is 0.822. The highest BCUT2D eigenvalue weighted by molar-refractivity contribution is 5.77. The topological polar surface area (TPSA) is 58.4 Å². The van der Waals surface area contributed by atoms with Crippen LogP contribution < -0.4 is 11.1 Å². The van der Waals surface area contributed by atoms with E-state index in [4.69, 9.17) is 5.73 Å². The first kappa shape index (κ1) is 14.3. The standard InChI is InChI=1S/C16H29N3O/c1-19-13-4-2-5-14(19)9-12(8-13)18-15(20)10-16(11-17)6-3-7-16/h12-14H,2-11,17H2,1H3,(H,18,20). The summed E-state index contributed by atoms with van der Waals surface area (Å²) in [5, 5.41) is 3.31. The number of piperidine rings is 2. The number of amides is 1. The molecule has 1 saturated carbocycles. The van der Waals surface area contributed by atoms with Crippen LogP contribution in [0.2, 0.25) is 0 Å². The van der Waals surface area contributed by atoms with E-state index in [0.29, 0.717) is 31.1 Å². The molecule has 1 amide bonds. The number of rotatable bonds is 4. The van der Waals surface area contributed by atoms with Crippen molar-refractivity contribution < 1.29 is 4.79 Å². The third-order valence-corrected chi connectivity index (χ3v) is 6.09. The van der Waals surface area contributed by atoms with Crippen LogP contribution in [0.15, 0.2) is 0 Å². The summed E-state index contributed by atoms with van der Waals surface area (Å²) in [6.45, 7) is 0.666. The molecular formula is C16H29N3O. The van der Waals surface area contributed by atoms with Gasteiger partial charge in [0.1, 0.15) is 0 Å². The van der Waals surface area contributed by atoms with E-state index in [1.165, 1.54) is 25.7 Å². The highest BCUT2D eigenvalue weighted by atomic mass is 16.1. The Bertz CT molecular complexity index is 347. The number of carbonyl (C=O) groups is 1. The summed E-state index contributed by atoms with van der Waals surface area (Å²) in [5.41, 5.74) is 5.99. The van der Waals surface area contributed by atoms with Crippen LogP contribution in [0.5, 0.6) is 0 Å². The Morgan fingerprint density at radius 3 is 2.40 bits per heavy atom. The van der Waals surface area contributed by atoms with Gasteiger partial charge in [0.05, 0.1) is 0 Å². The van der Waals surface area contributed by atoms with Crippen LogP contribution in [-0.4, -0.2) is 42.5 Å². The average molecular weight is 279 g/mol. The minimum atomic E-state index is 0.130. The van der Waals surface area contributed by atoms with Crippen LogP contribution in [0.4, 0.5) is 0 Å². The summed E-state index contributed by atoms with van der Waals surface area (Å²) in [7, 11) is 2.25. The number of hydrogen-bond donors (Lipinski definition) is 2. The molecule has 1 aliphatic carbocycles. The summed E-state index contributed by atoms with van der Waals surface area (Å²) < 4.78 is 0. The number of hydrogen-bond acceptors (Lipinski definition) is 3. The summed E-state index contributed by atoms with van der Waals surface area (Å²) in [4.78, 5) is 14.8. The second-order valence-corrected chi connectivity index (χ2v) is 7.37. The van der Waals surface area contributed by atoms with Crippen LogP contribution in [0.25, 0.3) is 0 Å². The molecule has 2 unspecified atom stereocenters. The van der Waals surface area contributed by atoms with Crippen LogP contribution in [0.3, 0.4) is 0 Å². The van der Waals surface area contributed by atoms with Gasteiger partial charge in [0, 0.05) is 24.5 Å². The SMILES string of the molecule is CN1C2CCCC1CC(NC(=O)CC1(CN)CCC1)C2. The van der Waals surface area contributed by atoms with Crippen molar-refractivity contribution >= 4 is 5.91 Å². The van der Waals surface area contributed by atoms with Gasteiger partial charge in [-0.2, -0.15) is 0 Å². The number of nitrogens with one attached hydrogen (secondary N) is 1. The molecule has 0 aromatic rings. The van der Waals surface area contributed by atoms with Crippen molar-refractivity contribution in [1.82, 2.24) is 10.2 Å². The van der Waals surface area contributed by atoms with Gasteiger partial charge < -0.3 is 16.0 Å². The lowest BCUT2D eigenvalue weighted by atomic mass is 9.66. The van der Waals surface area contributed by atoms with Crippen molar-refractivity contribution in [3.05, 3.63) is 0 Å². The van der Waals surface area contributed by atoms with Crippen LogP contribution in [0, 0.1) is 5.41 Å². The van der Waals surface area contributed by atoms with Crippen molar-refractivity contribution in [3.8, 4) is 0 Å². The third-order valence-electron chi connectivity index (χ3n) is 6.09. The van der Waals surface area contributed by atoms with Gasteiger partial charge in [0.25, 0.3) is 0 Å². The molecule has 114 valence electrons. The Hall–Kier alpha value is -0.610. The lowest BCUT2D eigenvalue weighted by Crippen LogP contribution is -2.55. The van der Waals surface area contributed by atoms with E-state index in [-0.39, 0.29) is 11.3 Å². The zero-order valence-electron chi connectivity index (χ0n) is 12.7. The van der Waals surface area contributed by atoms with Gasteiger partial charge >= 0.3 is 0 Å². The Kier molecular flexibility index (Phi) is 4.04. The van der Waals surface area contributed by atoms with Crippen molar-refractivity contribution in [3.63, 3.8) is 0 Å². The Morgan fingerprint density at radius 1 is 1.25 bits per heavy atom. The van der Waals surface area contributed by atoms with Gasteiger partial charge in [-0.1, -0.05) is 12.8 Å². The van der Waals surface area contributed by atoms with Crippen molar-refractivity contribution in [2.24, 2.45) is 11.1 Å². The highest BCUT2D eigenvalue weighted by Gasteiger charge is 2.40. The fourth-order valence-corrected chi connectivity index (χ4v) is 4.48. The van der Waals surface area contributed by atoms with Crippen LogP contribution in [0.1, 0.15) is 57.8 Å². The number of fused-ring (bicyclic) bond motifs is 2. The fraction of sp³-hybridized carbons (Fsp3) is 0.938. The van der Waals surface area contributed by atoms with E-state index in [0.717, 1.165) is 25.7 Å². The first-order valence-electron chi connectivity index (χ1n) is 8.33. The molecule has 0 aromatic heterocycles. The molecule has 3 N–H and O–H groups in total. The molecule has 2 saturated heterocycles. The van der Waals surface area contributed by atoms with Crippen LogP contribution in [-0.2, 0) is 4.79 Å². The lowest BCUT2D eigenvalue weighted by Gasteiger charge is -2.47. The van der Waals surface area contributed by atoms with Gasteiger partial charge in [-0.15, -0.1) is 0 Å². The molecule has 2 heterocycles. The van der Waals surface area contributed by atoms with Crippen molar-refractivity contribution in [2.75, 3.05) is 13.6 Å². The predicted octanol–water partition coefficient (Wildman–Crippen LogP) is 1.64. The first-order valence-corrected chi connectivity index (χ1v) is 8.33. The van der Waals surface area contributed by atoms with E-state index in [1.807, 2.05) is 0 Å². The number of nitrogens with two attached hydrogens (primary N) is 1. The molecule has 4 heteroatoms. The molecular weight excluding hydrogens is 250 g/mol. The molecule has 3 rings (SSSR count). The van der Waals surface area contributed by atoms with E-state index in [9.17, 15) is 4.79 Å². The second kappa shape index (κ2) is 5.64. The Morgan fingerprint density at radius 2 is 1.90 bits per heavy atom. The van der Waals surface area contributed by atoms with Crippen molar-refractivity contribution in [1.29, 1.82) is 0 Å². The van der Waals surface area contributed by atoms with Gasteiger partial charge in [-0.05, 0) is 57.5 Å². The van der Waals surface area contributed by atoms with E-state index in [1.54, 1.807) is 0 Å². The van der Waals surface area contributed by atoms with Crippen LogP contribution >= 0.6 is 0 Å². The monoisotopic (exact) mass is 279 g/mol. The van der Waals surface area contributed by atoms with Gasteiger partial charge in [0.2, 0.25) is 5.91 Å². The molecule has 2 atom stereocenters. The largest absolute Gasteiger partial charge is 0.353 e. The smallest absolute Gasteiger partial charge is 0.220 e. The molecule has 0 radical (unpaired) electrons. The van der Waals surface area contributed by atoms with E-state index in [2.05, 4.69) is 17.3 Å². The molecule has 3 aliphatic rings. The van der Waals surface area contributed by atoms with Gasteiger partial charge in [-0.25, -0.2) is 0 Å². The maximum atomic E-state index is 12.3. The normalized spacial score (nSPS) is 36.2. The Balaban J connectivity index is 1.52. The maximum Gasteiger partial charge on any atom is 0.220 e. The molecule has 2 bridgehead atoms. The fourth-order valence-electron chi connectivity index (χ4n) is 4.48. The van der Waals surface area contributed by atoms with Gasteiger partial charge in [0.15, 0.2) is 0 Å². The summed E-state index contributed by atoms with van der Waals surface area (Å²) in [6.07, 6.45) is 10.4. The minimum Gasteiger partial charge on any atom is -0.353 e. The second-order valence-electron chi connectivity index (χ2n) is 7.37. The van der Waals surface area contributed by atoms with E-state index < -0.39 is 0 Å². The molecule has 0 aromatic carbocycles. The number of nitrogens with zero attached hydrogens (tertiary/aromatic N) is 1. The predicted molar refractivity (Wildman–Crippen MR) is 80.3 cm³/mol. The Labute approximate surface area is 122 Å². The zero-order valence-corrected chi connectivity index (χ0v) is 12.7. The highest BCUT2D eigenvalue weighted by Crippen LogP contribution is 2.43. The van der Waals surface area contributed by atoms with Crippen molar-refractivity contribution in [2.45, 2.75) is 75.9 Å². The lowest BCUT2D eigenvalue weighted by molar-refractivity contribution is -0.126. The molecule has 3 fully saturated rings. The minimum absolute atomic E-state index is 0.130.